The average Bonchev–Trinajstić information content (AvgIpc) is 2.46. The minimum absolute atomic E-state index is 0.110. The zero-order valence-electron chi connectivity index (χ0n) is 11.1. The lowest BCUT2D eigenvalue weighted by Gasteiger charge is -2.31. The van der Waals surface area contributed by atoms with E-state index in [4.69, 9.17) is 9.47 Å². The third-order valence-electron chi connectivity index (χ3n) is 3.78. The first kappa shape index (κ1) is 15.0. The quantitative estimate of drug-likeness (QED) is 0.537. The molecule has 0 aromatic heterocycles. The maximum Gasteiger partial charge on any atom is 0.287 e. The molecule has 1 aromatic carbocycles. The first-order valence-corrected chi connectivity index (χ1v) is 8.24. The Balaban J connectivity index is 2.01. The molecule has 0 saturated carbocycles. The fraction of sp³-hybridized carbons (Fsp3) is 0.429. The Kier molecular flexibility index (Phi) is 4.33. The first-order valence-electron chi connectivity index (χ1n) is 6.65. The Hall–Kier alpha value is -0.920. The van der Waals surface area contributed by atoms with E-state index in [0.717, 1.165) is 21.8 Å². The fourth-order valence-corrected chi connectivity index (χ4v) is 4.11. The molecule has 1 saturated heterocycles. The summed E-state index contributed by atoms with van der Waals surface area (Å²) in [5.41, 5.74) is 0.839. The lowest BCUT2D eigenvalue weighted by Crippen LogP contribution is -2.37. The van der Waals surface area contributed by atoms with Gasteiger partial charge in [-0.2, -0.15) is 0 Å². The van der Waals surface area contributed by atoms with Crippen molar-refractivity contribution in [2.24, 2.45) is 5.92 Å². The van der Waals surface area contributed by atoms with E-state index < -0.39 is 6.10 Å². The highest BCUT2D eigenvalue weighted by Gasteiger charge is 2.39. The second-order valence-corrected chi connectivity index (χ2v) is 6.89. The lowest BCUT2D eigenvalue weighted by atomic mass is 9.90. The number of rotatable bonds is 2. The number of halogens is 2. The van der Waals surface area contributed by atoms with Crippen molar-refractivity contribution in [3.63, 3.8) is 0 Å². The molecular weight excluding hydrogens is 406 g/mol. The summed E-state index contributed by atoms with van der Waals surface area (Å²) in [6.45, 7) is 1.26. The van der Waals surface area contributed by atoms with Crippen molar-refractivity contribution in [3.8, 4) is 5.75 Å². The standard InChI is InChI=1S/C14H13Br2NO4/c15-10-5-9-6-12(17(18)19)14(8-1-3-20-4-2-8)21-13(9)11(16)7-10/h5-8,14H,1-4H2. The van der Waals surface area contributed by atoms with Crippen LogP contribution in [0.15, 0.2) is 26.8 Å². The second-order valence-electron chi connectivity index (χ2n) is 5.12. The monoisotopic (exact) mass is 417 g/mol. The van der Waals surface area contributed by atoms with Gasteiger partial charge in [-0.25, -0.2) is 0 Å². The predicted molar refractivity (Wildman–Crippen MR) is 84.8 cm³/mol. The van der Waals surface area contributed by atoms with Crippen molar-refractivity contribution >= 4 is 37.9 Å². The Labute approximate surface area is 138 Å². The number of ether oxygens (including phenoxy) is 2. The minimum atomic E-state index is -0.520. The van der Waals surface area contributed by atoms with Gasteiger partial charge in [0.2, 0.25) is 0 Å². The minimum Gasteiger partial charge on any atom is -0.477 e. The van der Waals surface area contributed by atoms with Gasteiger partial charge in [-0.15, -0.1) is 0 Å². The summed E-state index contributed by atoms with van der Waals surface area (Å²) >= 11 is 6.85. The maximum absolute atomic E-state index is 11.4. The van der Waals surface area contributed by atoms with Crippen LogP contribution in [0.2, 0.25) is 0 Å². The predicted octanol–water partition coefficient (Wildman–Crippen LogP) is 4.02. The van der Waals surface area contributed by atoms with Crippen LogP contribution in [-0.4, -0.2) is 24.2 Å². The number of nitro groups is 1. The molecule has 2 aliphatic rings. The lowest BCUT2D eigenvalue weighted by molar-refractivity contribution is -0.435. The molecule has 0 radical (unpaired) electrons. The van der Waals surface area contributed by atoms with Gasteiger partial charge < -0.3 is 9.47 Å². The highest BCUT2D eigenvalue weighted by atomic mass is 79.9. The topological polar surface area (TPSA) is 61.6 Å². The summed E-state index contributed by atoms with van der Waals surface area (Å²) in [4.78, 5) is 11.1. The van der Waals surface area contributed by atoms with E-state index in [-0.39, 0.29) is 16.5 Å². The summed E-state index contributed by atoms with van der Waals surface area (Å²) in [5.74, 6) is 0.777. The largest absolute Gasteiger partial charge is 0.477 e. The van der Waals surface area contributed by atoms with Gasteiger partial charge in [0.25, 0.3) is 5.70 Å². The van der Waals surface area contributed by atoms with E-state index >= 15 is 0 Å². The Morgan fingerprint density at radius 3 is 2.62 bits per heavy atom. The van der Waals surface area contributed by atoms with Crippen molar-refractivity contribution in [1.29, 1.82) is 0 Å². The molecule has 1 unspecified atom stereocenters. The van der Waals surface area contributed by atoms with Gasteiger partial charge in [0.05, 0.1) is 9.40 Å². The number of hydrogen-bond donors (Lipinski definition) is 0. The normalized spacial score (nSPS) is 22.2. The van der Waals surface area contributed by atoms with Gasteiger partial charge in [-0.3, -0.25) is 10.1 Å². The fourth-order valence-electron chi connectivity index (χ4n) is 2.75. The van der Waals surface area contributed by atoms with E-state index in [1.807, 2.05) is 12.1 Å². The van der Waals surface area contributed by atoms with Crippen molar-refractivity contribution in [3.05, 3.63) is 42.5 Å². The van der Waals surface area contributed by atoms with E-state index in [0.29, 0.717) is 24.5 Å². The van der Waals surface area contributed by atoms with Gasteiger partial charge in [-0.05, 0) is 40.9 Å². The molecule has 2 heterocycles. The molecule has 0 N–H and O–H groups in total. The molecule has 0 aliphatic carbocycles. The van der Waals surface area contributed by atoms with Crippen LogP contribution in [0.3, 0.4) is 0 Å². The van der Waals surface area contributed by atoms with Gasteiger partial charge in [-0.1, -0.05) is 15.9 Å². The van der Waals surface area contributed by atoms with Crippen LogP contribution in [0.1, 0.15) is 18.4 Å². The van der Waals surface area contributed by atoms with E-state index in [1.165, 1.54) is 0 Å². The zero-order valence-corrected chi connectivity index (χ0v) is 14.2. The highest BCUT2D eigenvalue weighted by Crippen LogP contribution is 2.41. The van der Waals surface area contributed by atoms with Gasteiger partial charge >= 0.3 is 0 Å². The SMILES string of the molecule is O=[N+]([O-])C1=Cc2cc(Br)cc(Br)c2OC1C1CCOCC1. The van der Waals surface area contributed by atoms with Crippen LogP contribution >= 0.6 is 31.9 Å². The van der Waals surface area contributed by atoms with Crippen LogP contribution in [0.4, 0.5) is 0 Å². The molecule has 0 bridgehead atoms. The molecule has 21 heavy (non-hydrogen) atoms. The van der Waals surface area contributed by atoms with Crippen LogP contribution in [0.25, 0.3) is 6.08 Å². The molecule has 5 nitrogen and oxygen atoms in total. The van der Waals surface area contributed by atoms with Crippen LogP contribution in [-0.2, 0) is 4.74 Å². The van der Waals surface area contributed by atoms with Crippen LogP contribution in [0.5, 0.6) is 5.75 Å². The average molecular weight is 419 g/mol. The molecule has 2 aliphatic heterocycles. The second kappa shape index (κ2) is 6.06. The van der Waals surface area contributed by atoms with Crippen molar-refractivity contribution in [1.82, 2.24) is 0 Å². The molecule has 7 heteroatoms. The third-order valence-corrected chi connectivity index (χ3v) is 4.83. The number of hydrogen-bond acceptors (Lipinski definition) is 4. The molecule has 1 fully saturated rings. The number of nitrogens with zero attached hydrogens (tertiary/aromatic N) is 1. The molecule has 1 aromatic rings. The maximum atomic E-state index is 11.4. The molecule has 0 spiro atoms. The van der Waals surface area contributed by atoms with Crippen molar-refractivity contribution < 1.29 is 14.4 Å². The summed E-state index contributed by atoms with van der Waals surface area (Å²) < 4.78 is 13.0. The first-order chi connectivity index (χ1) is 10.1. The summed E-state index contributed by atoms with van der Waals surface area (Å²) in [6.07, 6.45) is 2.65. The highest BCUT2D eigenvalue weighted by molar-refractivity contribution is 9.11. The smallest absolute Gasteiger partial charge is 0.287 e. The Morgan fingerprint density at radius 2 is 1.95 bits per heavy atom. The van der Waals surface area contributed by atoms with Gasteiger partial charge in [0.15, 0.2) is 6.10 Å². The van der Waals surface area contributed by atoms with E-state index in [2.05, 4.69) is 31.9 Å². The third kappa shape index (κ3) is 3.00. The molecule has 112 valence electrons. The van der Waals surface area contributed by atoms with Crippen LogP contribution in [0, 0.1) is 16.0 Å². The number of benzene rings is 1. The molecular formula is C14H13Br2NO4. The molecule has 0 amide bonds. The molecule has 1 atom stereocenters. The summed E-state index contributed by atoms with van der Waals surface area (Å²) in [7, 11) is 0. The zero-order chi connectivity index (χ0) is 15.0. The number of fused-ring (bicyclic) bond motifs is 1. The Morgan fingerprint density at radius 1 is 1.24 bits per heavy atom. The molecule has 3 rings (SSSR count). The van der Waals surface area contributed by atoms with Gasteiger partial charge in [0, 0.05) is 35.2 Å². The van der Waals surface area contributed by atoms with Crippen LogP contribution < -0.4 is 4.74 Å². The van der Waals surface area contributed by atoms with Crippen molar-refractivity contribution in [2.45, 2.75) is 18.9 Å². The van der Waals surface area contributed by atoms with E-state index in [1.54, 1.807) is 6.08 Å². The Bertz CT molecular complexity index is 611. The summed E-state index contributed by atoms with van der Waals surface area (Å²) in [6, 6.07) is 3.70. The van der Waals surface area contributed by atoms with Gasteiger partial charge in [0.1, 0.15) is 5.75 Å². The van der Waals surface area contributed by atoms with E-state index in [9.17, 15) is 10.1 Å². The summed E-state index contributed by atoms with van der Waals surface area (Å²) in [5, 5.41) is 11.4. The van der Waals surface area contributed by atoms with Crippen molar-refractivity contribution in [2.75, 3.05) is 13.2 Å².